The molecule has 0 saturated heterocycles. The minimum atomic E-state index is 0.838. The molecule has 0 fully saturated rings. The molecular weight excluding hydrogens is 759 g/mol. The fourth-order valence-electron chi connectivity index (χ4n) is 9.61. The summed E-state index contributed by atoms with van der Waals surface area (Å²) in [5.74, 6) is 0.871. The molecule has 62 heavy (non-hydrogen) atoms. The Morgan fingerprint density at radius 1 is 0.274 bits per heavy atom. The van der Waals surface area contributed by atoms with Gasteiger partial charge in [0, 0.05) is 72.6 Å². The molecule has 13 aromatic rings. The molecule has 0 aliphatic carbocycles. The van der Waals surface area contributed by atoms with Crippen LogP contribution in [0, 0.1) is 0 Å². The average Bonchev–Trinajstić information content (AvgIpc) is 4.04. The van der Waals surface area contributed by atoms with E-state index in [-0.39, 0.29) is 0 Å². The Kier molecular flexibility index (Phi) is 7.57. The van der Waals surface area contributed by atoms with Gasteiger partial charge >= 0.3 is 0 Å². The van der Waals surface area contributed by atoms with Crippen LogP contribution in [0.3, 0.4) is 0 Å². The molecule has 0 atom stereocenters. The highest BCUT2D eigenvalue weighted by molar-refractivity contribution is 6.29. The first-order valence-electron chi connectivity index (χ1n) is 21.0. The summed E-state index contributed by atoms with van der Waals surface area (Å²) in [6.07, 6.45) is 0. The Morgan fingerprint density at radius 3 is 1.42 bits per heavy atom. The maximum absolute atomic E-state index is 7.03. The Morgan fingerprint density at radius 2 is 0.758 bits per heavy atom. The summed E-state index contributed by atoms with van der Waals surface area (Å²) in [6, 6.07) is 74.9. The Hall–Kier alpha value is -8.34. The zero-order valence-electron chi connectivity index (χ0n) is 33.4. The topological polar surface area (TPSA) is 42.7 Å². The minimum Gasteiger partial charge on any atom is -0.456 e. The predicted molar refractivity (Wildman–Crippen MR) is 257 cm³/mol. The number of benzene rings is 10. The van der Waals surface area contributed by atoms with Crippen LogP contribution < -0.4 is 4.90 Å². The lowest BCUT2D eigenvalue weighted by Crippen LogP contribution is -2.09. The van der Waals surface area contributed by atoms with Crippen LogP contribution in [0.2, 0.25) is 0 Å². The molecule has 0 N–H and O–H groups in total. The van der Waals surface area contributed by atoms with Crippen molar-refractivity contribution < 1.29 is 13.3 Å². The van der Waals surface area contributed by atoms with Crippen molar-refractivity contribution in [3.05, 3.63) is 212 Å². The largest absolute Gasteiger partial charge is 0.456 e. The number of fused-ring (bicyclic) bond motifs is 12. The van der Waals surface area contributed by atoms with Crippen molar-refractivity contribution in [2.24, 2.45) is 0 Å². The van der Waals surface area contributed by atoms with Gasteiger partial charge in [0.05, 0.1) is 0 Å². The molecule has 3 aromatic heterocycles. The van der Waals surface area contributed by atoms with E-state index >= 15 is 0 Å². The molecule has 10 aromatic carbocycles. The first-order chi connectivity index (χ1) is 30.7. The summed E-state index contributed by atoms with van der Waals surface area (Å²) >= 11 is 0. The third-order valence-electron chi connectivity index (χ3n) is 12.4. The maximum Gasteiger partial charge on any atom is 0.143 e. The van der Waals surface area contributed by atoms with Gasteiger partial charge in [-0.15, -0.1) is 0 Å². The second-order valence-corrected chi connectivity index (χ2v) is 16.0. The van der Waals surface area contributed by atoms with Crippen LogP contribution in [-0.2, 0) is 0 Å². The van der Waals surface area contributed by atoms with E-state index in [0.717, 1.165) is 122 Å². The molecule has 4 heteroatoms. The number of anilines is 3. The highest BCUT2D eigenvalue weighted by Crippen LogP contribution is 2.48. The first kappa shape index (κ1) is 34.5. The van der Waals surface area contributed by atoms with Gasteiger partial charge in [-0.2, -0.15) is 0 Å². The van der Waals surface area contributed by atoms with Crippen LogP contribution >= 0.6 is 0 Å². The smallest absolute Gasteiger partial charge is 0.143 e. The van der Waals surface area contributed by atoms with Crippen LogP contribution in [0.5, 0.6) is 0 Å². The molecule has 0 bridgehead atoms. The normalized spacial score (nSPS) is 11.9. The van der Waals surface area contributed by atoms with E-state index in [4.69, 9.17) is 13.3 Å². The van der Waals surface area contributed by atoms with E-state index in [1.165, 1.54) is 5.39 Å². The second kappa shape index (κ2) is 13.6. The number of hydrogen-bond acceptors (Lipinski definition) is 4. The summed E-state index contributed by atoms with van der Waals surface area (Å²) in [6.45, 7) is 0. The average molecular weight is 794 g/mol. The number of furan rings is 3. The van der Waals surface area contributed by atoms with Gasteiger partial charge in [0.15, 0.2) is 0 Å². The zero-order valence-corrected chi connectivity index (χ0v) is 33.4. The SMILES string of the molecule is c1ccc(-c2oc3c4ccccc4c4ccc(-c5cccc(N(c6ccc7c(c6)oc6ccccc67)c6ccc7c(c6)oc6ccccc67)c5)cc4c3c2-c2ccccc2)cc1. The van der Waals surface area contributed by atoms with Crippen LogP contribution in [0.1, 0.15) is 0 Å². The highest BCUT2D eigenvalue weighted by Gasteiger charge is 2.24. The van der Waals surface area contributed by atoms with E-state index in [1.54, 1.807) is 0 Å². The lowest BCUT2D eigenvalue weighted by Gasteiger charge is -2.26. The van der Waals surface area contributed by atoms with Crippen molar-refractivity contribution in [3.63, 3.8) is 0 Å². The Bertz CT molecular complexity index is 3760. The molecule has 13 rings (SSSR count). The van der Waals surface area contributed by atoms with Gasteiger partial charge in [0.25, 0.3) is 0 Å². The van der Waals surface area contributed by atoms with E-state index in [2.05, 4.69) is 193 Å². The Balaban J connectivity index is 1.03. The third-order valence-corrected chi connectivity index (χ3v) is 12.4. The van der Waals surface area contributed by atoms with Crippen LogP contribution in [0.15, 0.2) is 226 Å². The summed E-state index contributed by atoms with van der Waals surface area (Å²) in [4.78, 5) is 2.30. The molecule has 290 valence electrons. The summed E-state index contributed by atoms with van der Waals surface area (Å²) in [7, 11) is 0. The Labute approximate surface area is 356 Å². The third kappa shape index (κ3) is 5.33. The van der Waals surface area contributed by atoms with Crippen molar-refractivity contribution in [1.82, 2.24) is 0 Å². The molecule has 0 aliphatic rings. The van der Waals surface area contributed by atoms with Crippen molar-refractivity contribution in [3.8, 4) is 33.6 Å². The predicted octanol–water partition coefficient (Wildman–Crippen LogP) is 17.0. The molecule has 0 saturated carbocycles. The minimum absolute atomic E-state index is 0.838. The van der Waals surface area contributed by atoms with Crippen molar-refractivity contribution in [1.29, 1.82) is 0 Å². The van der Waals surface area contributed by atoms with Gasteiger partial charge in [-0.25, -0.2) is 0 Å². The number of para-hydroxylation sites is 2. The second-order valence-electron chi connectivity index (χ2n) is 16.0. The van der Waals surface area contributed by atoms with Gasteiger partial charge in [-0.3, -0.25) is 0 Å². The lowest BCUT2D eigenvalue weighted by molar-refractivity contribution is 0.636. The molecule has 0 spiro atoms. The van der Waals surface area contributed by atoms with Crippen LogP contribution in [0.25, 0.3) is 110 Å². The van der Waals surface area contributed by atoms with E-state index < -0.39 is 0 Å². The van der Waals surface area contributed by atoms with Crippen molar-refractivity contribution >= 4 is 93.5 Å². The maximum atomic E-state index is 7.03. The van der Waals surface area contributed by atoms with Gasteiger partial charge in [-0.1, -0.05) is 146 Å². The van der Waals surface area contributed by atoms with Gasteiger partial charge in [0.1, 0.15) is 33.7 Å². The number of rotatable bonds is 6. The van der Waals surface area contributed by atoms with Crippen molar-refractivity contribution in [2.75, 3.05) is 4.90 Å². The molecule has 4 nitrogen and oxygen atoms in total. The molecule has 3 heterocycles. The van der Waals surface area contributed by atoms with Crippen molar-refractivity contribution in [2.45, 2.75) is 0 Å². The highest BCUT2D eigenvalue weighted by atomic mass is 16.3. The van der Waals surface area contributed by atoms with Gasteiger partial charge in [0.2, 0.25) is 0 Å². The quantitative estimate of drug-likeness (QED) is 0.157. The number of hydrogen-bond donors (Lipinski definition) is 0. The standard InChI is InChI=1S/C58H35NO3/c1-3-14-36(15-4-1)55-56-50-33-39(26-29-44(50)43-20-7-8-23-49(43)58(56)62-57(55)37-16-5-2-6-17-37)38-18-13-19-40(32-38)59(41-27-30-47-45-21-9-11-24-51(45)60-53(47)34-41)42-28-31-48-46-22-10-12-25-52(46)61-54(48)35-42/h1-35H. The van der Waals surface area contributed by atoms with E-state index in [0.29, 0.717) is 0 Å². The first-order valence-corrected chi connectivity index (χ1v) is 21.0. The zero-order chi connectivity index (χ0) is 40.7. The van der Waals surface area contributed by atoms with E-state index in [1.807, 2.05) is 24.3 Å². The fraction of sp³-hybridized carbons (Fsp3) is 0. The lowest BCUT2D eigenvalue weighted by atomic mass is 9.90. The summed E-state index contributed by atoms with van der Waals surface area (Å²) in [5, 5.41) is 10.1. The molecular formula is C58H35NO3. The van der Waals surface area contributed by atoms with E-state index in [9.17, 15) is 0 Å². The number of nitrogens with zero attached hydrogens (tertiary/aromatic N) is 1. The summed E-state index contributed by atoms with van der Waals surface area (Å²) in [5.41, 5.74) is 12.8. The van der Waals surface area contributed by atoms with Gasteiger partial charge in [-0.05, 0) is 87.4 Å². The molecule has 0 aliphatic heterocycles. The van der Waals surface area contributed by atoms with Crippen LogP contribution in [0.4, 0.5) is 17.1 Å². The summed E-state index contributed by atoms with van der Waals surface area (Å²) < 4.78 is 19.9. The fourth-order valence-corrected chi connectivity index (χ4v) is 9.61. The van der Waals surface area contributed by atoms with Gasteiger partial charge < -0.3 is 18.2 Å². The molecule has 0 unspecified atom stereocenters. The monoisotopic (exact) mass is 793 g/mol. The molecule has 0 radical (unpaired) electrons. The van der Waals surface area contributed by atoms with Crippen LogP contribution in [-0.4, -0.2) is 0 Å². The molecule has 0 amide bonds.